The minimum atomic E-state index is -0.308. The first-order chi connectivity index (χ1) is 11.2. The first kappa shape index (κ1) is 16.4. The van der Waals surface area contributed by atoms with Gasteiger partial charge in [0.2, 0.25) is 5.91 Å². The molecule has 1 aliphatic rings. The Morgan fingerprint density at radius 2 is 1.78 bits per heavy atom. The van der Waals surface area contributed by atoms with Crippen LogP contribution in [0.15, 0.2) is 59.5 Å². The molecule has 1 N–H and O–H groups in total. The van der Waals surface area contributed by atoms with Crippen LogP contribution in [0.4, 0.5) is 0 Å². The summed E-state index contributed by atoms with van der Waals surface area (Å²) in [5, 5.41) is 3.81. The molecule has 0 bridgehead atoms. The molecule has 2 aromatic rings. The minimum absolute atomic E-state index is 0.157. The van der Waals surface area contributed by atoms with E-state index in [4.69, 9.17) is 11.6 Å². The highest BCUT2D eigenvalue weighted by Crippen LogP contribution is 2.48. The number of benzene rings is 2. The van der Waals surface area contributed by atoms with Gasteiger partial charge >= 0.3 is 0 Å². The maximum Gasteiger partial charge on any atom is 0.230 e. The van der Waals surface area contributed by atoms with Crippen molar-refractivity contribution in [2.75, 3.05) is 12.3 Å². The molecule has 4 heteroatoms. The van der Waals surface area contributed by atoms with Gasteiger partial charge in [-0.2, -0.15) is 0 Å². The van der Waals surface area contributed by atoms with Gasteiger partial charge in [0.15, 0.2) is 0 Å². The summed E-state index contributed by atoms with van der Waals surface area (Å²) < 4.78 is 0. The van der Waals surface area contributed by atoms with Crippen molar-refractivity contribution in [2.45, 2.75) is 29.6 Å². The normalized spacial score (nSPS) is 15.2. The van der Waals surface area contributed by atoms with Crippen LogP contribution < -0.4 is 5.32 Å². The second-order valence-corrected chi connectivity index (χ2v) is 7.46. The van der Waals surface area contributed by atoms with Crippen LogP contribution in [0, 0.1) is 0 Å². The van der Waals surface area contributed by atoms with E-state index in [0.717, 1.165) is 37.1 Å². The Hall–Kier alpha value is -1.45. The molecule has 0 heterocycles. The molecule has 0 unspecified atom stereocenters. The highest BCUT2D eigenvalue weighted by atomic mass is 35.5. The van der Waals surface area contributed by atoms with Crippen molar-refractivity contribution in [3.8, 4) is 0 Å². The Morgan fingerprint density at radius 1 is 1.09 bits per heavy atom. The van der Waals surface area contributed by atoms with Crippen molar-refractivity contribution in [3.63, 3.8) is 0 Å². The second-order valence-electron chi connectivity index (χ2n) is 5.86. The molecule has 0 aromatic heterocycles. The van der Waals surface area contributed by atoms with Crippen LogP contribution in [0.5, 0.6) is 0 Å². The largest absolute Gasteiger partial charge is 0.355 e. The number of rotatable bonds is 7. The van der Waals surface area contributed by atoms with Crippen LogP contribution in [0.1, 0.15) is 24.8 Å². The van der Waals surface area contributed by atoms with Crippen molar-refractivity contribution < 1.29 is 4.79 Å². The lowest BCUT2D eigenvalue weighted by Crippen LogP contribution is -2.35. The molecule has 1 aliphatic carbocycles. The molecule has 1 amide bonds. The predicted octanol–water partition coefficient (Wildman–Crippen LogP) is 4.67. The SMILES string of the molecule is O=C(NCCCSc1ccccc1)C1(c2ccc(Cl)cc2)CC1. The molecule has 0 aliphatic heterocycles. The van der Waals surface area contributed by atoms with E-state index in [0.29, 0.717) is 5.02 Å². The van der Waals surface area contributed by atoms with E-state index in [1.807, 2.05) is 54.2 Å². The predicted molar refractivity (Wildman–Crippen MR) is 97.2 cm³/mol. The molecule has 0 atom stereocenters. The fourth-order valence-corrected chi connectivity index (χ4v) is 3.69. The highest BCUT2D eigenvalue weighted by Gasteiger charge is 2.50. The molecule has 2 nitrogen and oxygen atoms in total. The topological polar surface area (TPSA) is 29.1 Å². The third-order valence-corrected chi connectivity index (χ3v) is 5.55. The first-order valence-corrected chi connectivity index (χ1v) is 9.29. The summed E-state index contributed by atoms with van der Waals surface area (Å²) >= 11 is 7.75. The quantitative estimate of drug-likeness (QED) is 0.583. The highest BCUT2D eigenvalue weighted by molar-refractivity contribution is 7.99. The number of halogens is 1. The summed E-state index contributed by atoms with van der Waals surface area (Å²) in [5.74, 6) is 1.17. The summed E-state index contributed by atoms with van der Waals surface area (Å²) in [5.41, 5.74) is 0.773. The molecular formula is C19H20ClNOS. The summed E-state index contributed by atoms with van der Waals surface area (Å²) in [6.07, 6.45) is 2.83. The number of hydrogen-bond acceptors (Lipinski definition) is 2. The standard InChI is InChI=1S/C19H20ClNOS/c20-16-9-7-15(8-10-16)19(11-12-19)18(22)21-13-4-14-23-17-5-2-1-3-6-17/h1-3,5-10H,4,11-14H2,(H,21,22). The number of hydrogen-bond donors (Lipinski definition) is 1. The van der Waals surface area contributed by atoms with Crippen molar-refractivity contribution in [2.24, 2.45) is 0 Å². The smallest absolute Gasteiger partial charge is 0.230 e. The van der Waals surface area contributed by atoms with Crippen LogP contribution >= 0.6 is 23.4 Å². The molecule has 120 valence electrons. The van der Waals surface area contributed by atoms with Crippen molar-refractivity contribution >= 4 is 29.3 Å². The third kappa shape index (κ3) is 4.10. The van der Waals surface area contributed by atoms with E-state index in [-0.39, 0.29) is 11.3 Å². The third-order valence-electron chi connectivity index (χ3n) is 4.20. The lowest BCUT2D eigenvalue weighted by atomic mass is 9.95. The van der Waals surface area contributed by atoms with Gasteiger partial charge in [-0.1, -0.05) is 41.9 Å². The van der Waals surface area contributed by atoms with Gasteiger partial charge in [-0.25, -0.2) is 0 Å². The summed E-state index contributed by atoms with van der Waals surface area (Å²) in [6.45, 7) is 0.730. The van der Waals surface area contributed by atoms with Gasteiger partial charge in [0.25, 0.3) is 0 Å². The molecule has 3 rings (SSSR count). The molecule has 0 radical (unpaired) electrons. The van der Waals surface area contributed by atoms with Crippen LogP contribution in [0.2, 0.25) is 5.02 Å². The lowest BCUT2D eigenvalue weighted by molar-refractivity contribution is -0.123. The van der Waals surface area contributed by atoms with E-state index in [2.05, 4.69) is 17.4 Å². The average molecular weight is 346 g/mol. The molecule has 1 fully saturated rings. The Labute approximate surface area is 146 Å². The maximum atomic E-state index is 12.5. The lowest BCUT2D eigenvalue weighted by Gasteiger charge is -2.16. The molecule has 2 aromatic carbocycles. The Balaban J connectivity index is 1.43. The number of carbonyl (C=O) groups excluding carboxylic acids is 1. The molecule has 0 saturated heterocycles. The van der Waals surface area contributed by atoms with E-state index < -0.39 is 0 Å². The fraction of sp³-hybridized carbons (Fsp3) is 0.316. The Bertz CT molecular complexity index is 653. The number of thioether (sulfide) groups is 1. The summed E-state index contributed by atoms with van der Waals surface area (Å²) in [7, 11) is 0. The van der Waals surface area contributed by atoms with E-state index >= 15 is 0 Å². The minimum Gasteiger partial charge on any atom is -0.355 e. The van der Waals surface area contributed by atoms with Gasteiger partial charge < -0.3 is 5.32 Å². The van der Waals surface area contributed by atoms with Gasteiger partial charge in [0.1, 0.15) is 0 Å². The van der Waals surface area contributed by atoms with Gasteiger partial charge in [0, 0.05) is 16.5 Å². The summed E-state index contributed by atoms with van der Waals surface area (Å²) in [4.78, 5) is 13.8. The number of nitrogens with one attached hydrogen (secondary N) is 1. The van der Waals surface area contributed by atoms with Crippen LogP contribution in [-0.2, 0) is 10.2 Å². The van der Waals surface area contributed by atoms with Crippen molar-refractivity contribution in [1.29, 1.82) is 0 Å². The van der Waals surface area contributed by atoms with Crippen molar-refractivity contribution in [1.82, 2.24) is 5.32 Å². The van der Waals surface area contributed by atoms with Crippen LogP contribution in [0.3, 0.4) is 0 Å². The van der Waals surface area contributed by atoms with E-state index in [1.54, 1.807) is 0 Å². The zero-order chi connectivity index (χ0) is 16.1. The van der Waals surface area contributed by atoms with Crippen molar-refractivity contribution in [3.05, 3.63) is 65.2 Å². The second kappa shape index (κ2) is 7.41. The van der Waals surface area contributed by atoms with Gasteiger partial charge in [0.05, 0.1) is 5.41 Å². The van der Waals surface area contributed by atoms with E-state index in [9.17, 15) is 4.79 Å². The Kier molecular flexibility index (Phi) is 5.29. The van der Waals surface area contributed by atoms with Crippen LogP contribution in [0.25, 0.3) is 0 Å². The monoisotopic (exact) mass is 345 g/mol. The Morgan fingerprint density at radius 3 is 2.43 bits per heavy atom. The molecule has 0 spiro atoms. The van der Waals surface area contributed by atoms with Gasteiger partial charge in [-0.15, -0.1) is 11.8 Å². The molecule has 23 heavy (non-hydrogen) atoms. The number of carbonyl (C=O) groups is 1. The zero-order valence-corrected chi connectivity index (χ0v) is 14.5. The average Bonchev–Trinajstić information content (AvgIpc) is 3.38. The van der Waals surface area contributed by atoms with Gasteiger partial charge in [-0.3, -0.25) is 4.79 Å². The van der Waals surface area contributed by atoms with Crippen LogP contribution in [-0.4, -0.2) is 18.2 Å². The summed E-state index contributed by atoms with van der Waals surface area (Å²) in [6, 6.07) is 18.0. The molecule has 1 saturated carbocycles. The van der Waals surface area contributed by atoms with Gasteiger partial charge in [-0.05, 0) is 54.8 Å². The number of amides is 1. The maximum absolute atomic E-state index is 12.5. The fourth-order valence-electron chi connectivity index (χ4n) is 2.69. The zero-order valence-electron chi connectivity index (χ0n) is 12.9. The van der Waals surface area contributed by atoms with E-state index in [1.165, 1.54) is 4.90 Å². The first-order valence-electron chi connectivity index (χ1n) is 7.93. The molecular weight excluding hydrogens is 326 g/mol.